The average molecular weight is 393 g/mol. The van der Waals surface area contributed by atoms with E-state index in [9.17, 15) is 9.59 Å². The van der Waals surface area contributed by atoms with Crippen molar-refractivity contribution in [2.24, 2.45) is 0 Å². The Balaban J connectivity index is 1.32. The number of fused-ring (bicyclic) bond motifs is 1. The molecule has 0 unspecified atom stereocenters. The number of hydrogen-bond donors (Lipinski definition) is 1. The van der Waals surface area contributed by atoms with E-state index in [-0.39, 0.29) is 24.3 Å². The molecule has 8 heteroatoms. The highest BCUT2D eigenvalue weighted by atomic mass is 16.5. The van der Waals surface area contributed by atoms with Crippen LogP contribution in [0.3, 0.4) is 0 Å². The van der Waals surface area contributed by atoms with Crippen molar-refractivity contribution in [1.82, 2.24) is 24.8 Å². The number of methoxy groups -OCH3 is 1. The van der Waals surface area contributed by atoms with Crippen LogP contribution in [-0.4, -0.2) is 58.1 Å². The van der Waals surface area contributed by atoms with Crippen LogP contribution in [0.25, 0.3) is 5.65 Å². The molecule has 0 atom stereocenters. The standard InChI is InChI=1S/C21H23N5O3/c1-29-17-7-3-2-6-16(17)21(28)22-14-19(27)25-12-9-15(10-13-25)20-24-23-18-8-4-5-11-26(18)20/h2-8,11,15H,9-10,12-14H2,1H3,(H,22,28). The van der Waals surface area contributed by atoms with Crippen molar-refractivity contribution in [3.63, 3.8) is 0 Å². The number of carbonyl (C=O) groups is 2. The van der Waals surface area contributed by atoms with Gasteiger partial charge in [-0.15, -0.1) is 10.2 Å². The summed E-state index contributed by atoms with van der Waals surface area (Å²) < 4.78 is 7.21. The van der Waals surface area contributed by atoms with Crippen molar-refractivity contribution in [3.8, 4) is 5.75 Å². The second-order valence-electron chi connectivity index (χ2n) is 7.03. The summed E-state index contributed by atoms with van der Waals surface area (Å²) in [6, 6.07) is 12.8. The summed E-state index contributed by atoms with van der Waals surface area (Å²) in [6.07, 6.45) is 3.61. The summed E-state index contributed by atoms with van der Waals surface area (Å²) in [5, 5.41) is 11.3. The summed E-state index contributed by atoms with van der Waals surface area (Å²) in [6.45, 7) is 1.24. The van der Waals surface area contributed by atoms with Crippen molar-refractivity contribution in [2.45, 2.75) is 18.8 Å². The lowest BCUT2D eigenvalue weighted by Gasteiger charge is -2.31. The van der Waals surface area contributed by atoms with E-state index in [0.717, 1.165) is 24.3 Å². The number of amides is 2. The summed E-state index contributed by atoms with van der Waals surface area (Å²) in [5.74, 6) is 1.29. The van der Waals surface area contributed by atoms with Gasteiger partial charge in [0, 0.05) is 25.2 Å². The molecule has 0 radical (unpaired) electrons. The lowest BCUT2D eigenvalue weighted by atomic mass is 9.96. The van der Waals surface area contributed by atoms with Gasteiger partial charge in [0.1, 0.15) is 11.6 Å². The van der Waals surface area contributed by atoms with Gasteiger partial charge in [0.25, 0.3) is 5.91 Å². The van der Waals surface area contributed by atoms with Gasteiger partial charge in [-0.3, -0.25) is 14.0 Å². The lowest BCUT2D eigenvalue weighted by Crippen LogP contribution is -2.44. The van der Waals surface area contributed by atoms with Crippen molar-refractivity contribution in [1.29, 1.82) is 0 Å². The Labute approximate surface area is 168 Å². The minimum atomic E-state index is -0.319. The molecule has 1 saturated heterocycles. The molecule has 0 spiro atoms. The normalized spacial score (nSPS) is 14.7. The third-order valence-corrected chi connectivity index (χ3v) is 5.30. The number of pyridine rings is 1. The van der Waals surface area contributed by atoms with E-state index >= 15 is 0 Å². The number of benzene rings is 1. The first-order valence-corrected chi connectivity index (χ1v) is 9.66. The Morgan fingerprint density at radius 3 is 2.66 bits per heavy atom. The van der Waals surface area contributed by atoms with Gasteiger partial charge in [0.2, 0.25) is 5.91 Å². The highest BCUT2D eigenvalue weighted by Gasteiger charge is 2.27. The number of piperidine rings is 1. The molecule has 3 heterocycles. The fourth-order valence-corrected chi connectivity index (χ4v) is 3.72. The fraction of sp³-hybridized carbons (Fsp3) is 0.333. The Morgan fingerprint density at radius 1 is 1.10 bits per heavy atom. The van der Waals surface area contributed by atoms with Gasteiger partial charge in [-0.2, -0.15) is 0 Å². The zero-order valence-electron chi connectivity index (χ0n) is 16.2. The summed E-state index contributed by atoms with van der Waals surface area (Å²) in [7, 11) is 1.51. The van der Waals surface area contributed by atoms with Gasteiger partial charge < -0.3 is 15.0 Å². The van der Waals surface area contributed by atoms with Crippen LogP contribution < -0.4 is 10.1 Å². The number of hydrogen-bond acceptors (Lipinski definition) is 5. The Hall–Kier alpha value is -3.42. The van der Waals surface area contributed by atoms with Crippen molar-refractivity contribution in [3.05, 3.63) is 60.0 Å². The molecule has 1 aliphatic rings. The van der Waals surface area contributed by atoms with Crippen LogP contribution >= 0.6 is 0 Å². The molecule has 8 nitrogen and oxygen atoms in total. The minimum absolute atomic E-state index is 0.0323. The highest BCUT2D eigenvalue weighted by molar-refractivity contribution is 5.98. The second-order valence-corrected chi connectivity index (χ2v) is 7.03. The molecule has 150 valence electrons. The Kier molecular flexibility index (Phi) is 5.41. The first-order chi connectivity index (χ1) is 14.2. The smallest absolute Gasteiger partial charge is 0.255 e. The molecule has 2 aromatic heterocycles. The number of likely N-dealkylation sites (tertiary alicyclic amines) is 1. The van der Waals surface area contributed by atoms with Crippen LogP contribution in [0, 0.1) is 0 Å². The quantitative estimate of drug-likeness (QED) is 0.715. The van der Waals surface area contributed by atoms with Crippen LogP contribution in [0.2, 0.25) is 0 Å². The SMILES string of the molecule is COc1ccccc1C(=O)NCC(=O)N1CCC(c2nnc3ccccn23)CC1. The van der Waals surface area contributed by atoms with E-state index < -0.39 is 0 Å². The number of nitrogens with one attached hydrogen (secondary N) is 1. The number of para-hydroxylation sites is 1. The van der Waals surface area contributed by atoms with Crippen LogP contribution in [0.15, 0.2) is 48.7 Å². The molecule has 4 rings (SSSR count). The van der Waals surface area contributed by atoms with E-state index in [1.165, 1.54) is 7.11 Å². The molecule has 1 aromatic carbocycles. The van der Waals surface area contributed by atoms with Gasteiger partial charge in [-0.05, 0) is 37.1 Å². The van der Waals surface area contributed by atoms with Crippen molar-refractivity contribution >= 4 is 17.5 Å². The minimum Gasteiger partial charge on any atom is -0.496 e. The molecule has 1 fully saturated rings. The van der Waals surface area contributed by atoms with Crippen LogP contribution in [0.4, 0.5) is 0 Å². The van der Waals surface area contributed by atoms with Gasteiger partial charge in [-0.1, -0.05) is 18.2 Å². The average Bonchev–Trinajstić information content (AvgIpc) is 3.21. The monoisotopic (exact) mass is 393 g/mol. The zero-order chi connectivity index (χ0) is 20.2. The fourth-order valence-electron chi connectivity index (χ4n) is 3.72. The van der Waals surface area contributed by atoms with Gasteiger partial charge in [0.15, 0.2) is 5.65 Å². The van der Waals surface area contributed by atoms with E-state index in [1.807, 2.05) is 28.8 Å². The van der Waals surface area contributed by atoms with E-state index in [1.54, 1.807) is 29.2 Å². The topological polar surface area (TPSA) is 88.8 Å². The third-order valence-electron chi connectivity index (χ3n) is 5.30. The number of carbonyl (C=O) groups excluding carboxylic acids is 2. The molecule has 0 aliphatic carbocycles. The molecule has 0 saturated carbocycles. The molecule has 2 amide bonds. The van der Waals surface area contributed by atoms with Gasteiger partial charge >= 0.3 is 0 Å². The van der Waals surface area contributed by atoms with Gasteiger partial charge in [-0.25, -0.2) is 0 Å². The van der Waals surface area contributed by atoms with Crippen LogP contribution in [0.1, 0.15) is 34.9 Å². The first-order valence-electron chi connectivity index (χ1n) is 9.66. The predicted molar refractivity (Wildman–Crippen MR) is 107 cm³/mol. The summed E-state index contributed by atoms with van der Waals surface area (Å²) >= 11 is 0. The zero-order valence-corrected chi connectivity index (χ0v) is 16.2. The maximum atomic E-state index is 12.5. The maximum Gasteiger partial charge on any atom is 0.255 e. The highest BCUT2D eigenvalue weighted by Crippen LogP contribution is 2.27. The van der Waals surface area contributed by atoms with Crippen LogP contribution in [-0.2, 0) is 4.79 Å². The predicted octanol–water partition coefficient (Wildman–Crippen LogP) is 1.87. The largest absolute Gasteiger partial charge is 0.496 e. The van der Waals surface area contributed by atoms with Crippen LogP contribution in [0.5, 0.6) is 5.75 Å². The van der Waals surface area contributed by atoms with Crippen molar-refractivity contribution < 1.29 is 14.3 Å². The van der Waals surface area contributed by atoms with Gasteiger partial charge in [0.05, 0.1) is 19.2 Å². The van der Waals surface area contributed by atoms with E-state index in [2.05, 4.69) is 15.5 Å². The molecular formula is C21H23N5O3. The second kappa shape index (κ2) is 8.30. The van der Waals surface area contributed by atoms with E-state index in [4.69, 9.17) is 4.74 Å². The maximum absolute atomic E-state index is 12.5. The number of aromatic nitrogens is 3. The number of rotatable bonds is 5. The number of ether oxygens (including phenoxy) is 1. The Morgan fingerprint density at radius 2 is 1.86 bits per heavy atom. The molecule has 1 N–H and O–H groups in total. The number of nitrogens with zero attached hydrogens (tertiary/aromatic N) is 4. The molecule has 29 heavy (non-hydrogen) atoms. The molecular weight excluding hydrogens is 370 g/mol. The lowest BCUT2D eigenvalue weighted by molar-refractivity contribution is -0.131. The summed E-state index contributed by atoms with van der Waals surface area (Å²) in [5.41, 5.74) is 1.25. The summed E-state index contributed by atoms with van der Waals surface area (Å²) in [4.78, 5) is 26.7. The Bertz CT molecular complexity index is 1020. The third kappa shape index (κ3) is 3.91. The molecule has 1 aliphatic heterocycles. The first kappa shape index (κ1) is 18.9. The van der Waals surface area contributed by atoms with E-state index in [0.29, 0.717) is 24.4 Å². The molecule has 0 bridgehead atoms. The van der Waals surface area contributed by atoms with Crippen molar-refractivity contribution in [2.75, 3.05) is 26.7 Å². The molecule has 3 aromatic rings.